The van der Waals surface area contributed by atoms with Gasteiger partial charge in [-0.05, 0) is 55.1 Å². The number of Topliss-reactive ketones (excluding diaryl/α,β-unsaturated/α-hetero) is 1. The van der Waals surface area contributed by atoms with Crippen molar-refractivity contribution in [3.63, 3.8) is 0 Å². The Kier molecular flexibility index (Phi) is 2.56. The van der Waals surface area contributed by atoms with E-state index in [-0.39, 0.29) is 5.41 Å². The van der Waals surface area contributed by atoms with Crippen LogP contribution in [0.25, 0.3) is 0 Å². The van der Waals surface area contributed by atoms with Gasteiger partial charge in [0.15, 0.2) is 0 Å². The number of benzene rings is 2. The second-order valence-corrected chi connectivity index (χ2v) is 8.18. The van der Waals surface area contributed by atoms with Gasteiger partial charge in [-0.3, -0.25) is 4.79 Å². The highest BCUT2D eigenvalue weighted by molar-refractivity contribution is 5.94. The zero-order valence-electron chi connectivity index (χ0n) is 13.6. The number of rotatable bonds is 4. The smallest absolute Gasteiger partial charge is 0.142 e. The lowest BCUT2D eigenvalue weighted by molar-refractivity contribution is -0.175. The first-order valence-electron chi connectivity index (χ1n) is 8.78. The van der Waals surface area contributed by atoms with Gasteiger partial charge in [-0.1, -0.05) is 60.2 Å². The molecule has 2 aromatic rings. The molecule has 4 aliphatic carbocycles. The third-order valence-corrected chi connectivity index (χ3v) is 6.57. The van der Waals surface area contributed by atoms with Gasteiger partial charge in [0.1, 0.15) is 5.78 Å². The van der Waals surface area contributed by atoms with Crippen LogP contribution in [-0.4, -0.2) is 5.78 Å². The van der Waals surface area contributed by atoms with Crippen molar-refractivity contribution in [3.05, 3.63) is 71.3 Å². The lowest BCUT2D eigenvalue weighted by atomic mass is 9.32. The summed E-state index contributed by atoms with van der Waals surface area (Å²) in [5.74, 6) is 1.36. The van der Waals surface area contributed by atoms with E-state index in [2.05, 4.69) is 61.5 Å². The van der Waals surface area contributed by atoms with Gasteiger partial charge in [0, 0.05) is 11.3 Å². The molecule has 2 aromatic carbocycles. The molecule has 23 heavy (non-hydrogen) atoms. The topological polar surface area (TPSA) is 17.1 Å². The van der Waals surface area contributed by atoms with Gasteiger partial charge in [-0.25, -0.2) is 0 Å². The molecule has 4 aliphatic rings. The van der Waals surface area contributed by atoms with Crippen molar-refractivity contribution >= 4 is 5.78 Å². The van der Waals surface area contributed by atoms with Crippen LogP contribution in [0.5, 0.6) is 0 Å². The molecule has 4 saturated carbocycles. The van der Waals surface area contributed by atoms with E-state index in [1.165, 1.54) is 16.7 Å². The average Bonchev–Trinajstić information content (AvgIpc) is 3.27. The minimum absolute atomic E-state index is 0.0416. The molecule has 4 fully saturated rings. The summed E-state index contributed by atoms with van der Waals surface area (Å²) in [6.07, 6.45) is 4.36. The SMILES string of the molecule is Cc1ccc(C2CC2C(=O)C23CC(c4ccccc4)(C2)C3)cc1. The van der Waals surface area contributed by atoms with E-state index >= 15 is 0 Å². The fourth-order valence-corrected chi connectivity index (χ4v) is 5.21. The van der Waals surface area contributed by atoms with Crippen molar-refractivity contribution in [1.29, 1.82) is 0 Å². The highest BCUT2D eigenvalue weighted by Gasteiger charge is 2.73. The molecule has 0 aromatic heterocycles. The van der Waals surface area contributed by atoms with Crippen molar-refractivity contribution in [2.24, 2.45) is 11.3 Å². The minimum Gasteiger partial charge on any atom is -0.299 e. The van der Waals surface area contributed by atoms with Crippen LogP contribution in [0.2, 0.25) is 0 Å². The van der Waals surface area contributed by atoms with Gasteiger partial charge < -0.3 is 0 Å². The Bertz CT molecular complexity index is 752. The molecule has 1 heteroatoms. The summed E-state index contributed by atoms with van der Waals surface area (Å²) in [6, 6.07) is 19.5. The first kappa shape index (κ1) is 13.5. The van der Waals surface area contributed by atoms with Gasteiger partial charge in [0.2, 0.25) is 0 Å². The minimum atomic E-state index is 0.0416. The third kappa shape index (κ3) is 1.83. The Morgan fingerprint density at radius 1 is 0.957 bits per heavy atom. The van der Waals surface area contributed by atoms with Gasteiger partial charge >= 0.3 is 0 Å². The monoisotopic (exact) mass is 302 g/mol. The highest BCUT2D eigenvalue weighted by Crippen LogP contribution is 2.75. The van der Waals surface area contributed by atoms with E-state index in [1.54, 1.807) is 0 Å². The van der Waals surface area contributed by atoms with E-state index in [9.17, 15) is 4.79 Å². The molecule has 2 bridgehead atoms. The van der Waals surface area contributed by atoms with E-state index in [4.69, 9.17) is 0 Å². The fourth-order valence-electron chi connectivity index (χ4n) is 5.21. The largest absolute Gasteiger partial charge is 0.299 e. The third-order valence-electron chi connectivity index (χ3n) is 6.57. The molecule has 0 heterocycles. The van der Waals surface area contributed by atoms with E-state index < -0.39 is 0 Å². The van der Waals surface area contributed by atoms with Crippen LogP contribution in [0.15, 0.2) is 54.6 Å². The average molecular weight is 302 g/mol. The first-order chi connectivity index (χ1) is 11.1. The molecular formula is C22H22O. The zero-order chi connectivity index (χ0) is 15.7. The second-order valence-electron chi connectivity index (χ2n) is 8.18. The number of aryl methyl sites for hydroxylation is 1. The molecule has 2 unspecified atom stereocenters. The summed E-state index contributed by atoms with van der Waals surface area (Å²) >= 11 is 0. The lowest BCUT2D eigenvalue weighted by Gasteiger charge is -2.70. The number of carbonyl (C=O) groups excluding carboxylic acids is 1. The zero-order valence-corrected chi connectivity index (χ0v) is 13.6. The molecule has 6 rings (SSSR count). The molecule has 1 nitrogen and oxygen atoms in total. The Morgan fingerprint density at radius 2 is 1.61 bits per heavy atom. The van der Waals surface area contributed by atoms with Gasteiger partial charge in [-0.15, -0.1) is 0 Å². The molecule has 2 atom stereocenters. The number of hydrogen-bond donors (Lipinski definition) is 0. The second kappa shape index (κ2) is 4.35. The first-order valence-corrected chi connectivity index (χ1v) is 8.78. The van der Waals surface area contributed by atoms with Crippen LogP contribution in [0.4, 0.5) is 0 Å². The van der Waals surface area contributed by atoms with Crippen LogP contribution in [0.3, 0.4) is 0 Å². The maximum Gasteiger partial charge on any atom is 0.142 e. The maximum atomic E-state index is 13.0. The predicted molar refractivity (Wildman–Crippen MR) is 91.4 cm³/mol. The van der Waals surface area contributed by atoms with E-state index in [0.717, 1.165) is 25.7 Å². The molecule has 0 N–H and O–H groups in total. The van der Waals surface area contributed by atoms with Crippen molar-refractivity contribution < 1.29 is 4.79 Å². The van der Waals surface area contributed by atoms with Crippen molar-refractivity contribution in [3.8, 4) is 0 Å². The van der Waals surface area contributed by atoms with Gasteiger partial charge in [-0.2, -0.15) is 0 Å². The number of carbonyl (C=O) groups is 1. The summed E-state index contributed by atoms with van der Waals surface area (Å²) in [5, 5.41) is 0. The Labute approximate surface area is 137 Å². The quantitative estimate of drug-likeness (QED) is 0.793. The van der Waals surface area contributed by atoms with E-state index in [1.807, 2.05) is 0 Å². The molecule has 116 valence electrons. The normalized spacial score (nSPS) is 36.7. The molecule has 0 aliphatic heterocycles. The molecule has 0 spiro atoms. The Hall–Kier alpha value is -1.89. The summed E-state index contributed by atoms with van der Waals surface area (Å²) in [7, 11) is 0. The highest BCUT2D eigenvalue weighted by atomic mass is 16.1. The molecule has 0 amide bonds. The van der Waals surface area contributed by atoms with Crippen molar-refractivity contribution in [2.75, 3.05) is 0 Å². The summed E-state index contributed by atoms with van der Waals surface area (Å²) in [4.78, 5) is 13.0. The lowest BCUT2D eigenvalue weighted by Crippen LogP contribution is -2.68. The van der Waals surface area contributed by atoms with Crippen LogP contribution < -0.4 is 0 Å². The van der Waals surface area contributed by atoms with Crippen LogP contribution in [-0.2, 0) is 10.2 Å². The van der Waals surface area contributed by atoms with Crippen LogP contribution in [0, 0.1) is 18.3 Å². The van der Waals surface area contributed by atoms with E-state index in [0.29, 0.717) is 23.0 Å². The van der Waals surface area contributed by atoms with Crippen molar-refractivity contribution in [2.45, 2.75) is 43.9 Å². The van der Waals surface area contributed by atoms with Crippen LogP contribution in [0.1, 0.15) is 48.3 Å². The predicted octanol–water partition coefficient (Wildman–Crippen LogP) is 4.79. The number of ketones is 1. The molecule has 0 saturated heterocycles. The Balaban J connectivity index is 1.28. The summed E-state index contributed by atoms with van der Waals surface area (Å²) in [6.45, 7) is 2.12. The number of hydrogen-bond acceptors (Lipinski definition) is 1. The van der Waals surface area contributed by atoms with Crippen molar-refractivity contribution in [1.82, 2.24) is 0 Å². The van der Waals surface area contributed by atoms with Gasteiger partial charge in [0.05, 0.1) is 0 Å². The fraction of sp³-hybridized carbons (Fsp3) is 0.409. The van der Waals surface area contributed by atoms with Crippen LogP contribution >= 0.6 is 0 Å². The molecule has 0 radical (unpaired) electrons. The summed E-state index contributed by atoms with van der Waals surface area (Å²) < 4.78 is 0. The van der Waals surface area contributed by atoms with Gasteiger partial charge in [0.25, 0.3) is 0 Å². The standard InChI is InChI=1S/C22H22O/c1-15-7-9-16(10-8-15)18-11-19(18)20(23)22-12-21(13-22,14-22)17-5-3-2-4-6-17/h2-10,18-19H,11-14H2,1H3. The Morgan fingerprint density at radius 3 is 2.26 bits per heavy atom. The summed E-state index contributed by atoms with van der Waals surface area (Å²) in [5.41, 5.74) is 4.48. The maximum absolute atomic E-state index is 13.0. The molecular weight excluding hydrogens is 280 g/mol.